The Morgan fingerprint density at radius 1 is 1.14 bits per heavy atom. The Morgan fingerprint density at radius 3 is 2.68 bits per heavy atom. The van der Waals surface area contributed by atoms with Crippen molar-refractivity contribution in [3.05, 3.63) is 53.6 Å². The van der Waals surface area contributed by atoms with Crippen LogP contribution >= 0.6 is 0 Å². The summed E-state index contributed by atoms with van der Waals surface area (Å²) in [7, 11) is 0. The van der Waals surface area contributed by atoms with Crippen LogP contribution in [0.4, 0.5) is 20.2 Å². The summed E-state index contributed by atoms with van der Waals surface area (Å²) in [6, 6.07) is 9.07. The van der Waals surface area contributed by atoms with Crippen molar-refractivity contribution in [1.29, 1.82) is 0 Å². The van der Waals surface area contributed by atoms with Crippen LogP contribution in [0.1, 0.15) is 18.9 Å². The second-order valence-electron chi connectivity index (χ2n) is 4.96. The first-order chi connectivity index (χ1) is 10.6. The van der Waals surface area contributed by atoms with Gasteiger partial charge < -0.3 is 15.8 Å². The van der Waals surface area contributed by atoms with Crippen LogP contribution in [0, 0.1) is 11.6 Å². The lowest BCUT2D eigenvalue weighted by molar-refractivity contribution is 0.342. The van der Waals surface area contributed by atoms with Crippen LogP contribution in [0.5, 0.6) is 5.75 Å². The van der Waals surface area contributed by atoms with Crippen molar-refractivity contribution in [3.63, 3.8) is 0 Å². The van der Waals surface area contributed by atoms with E-state index in [9.17, 15) is 8.78 Å². The van der Waals surface area contributed by atoms with Gasteiger partial charge in [-0.15, -0.1) is 0 Å². The summed E-state index contributed by atoms with van der Waals surface area (Å²) in [5.41, 5.74) is 7.79. The first kappa shape index (κ1) is 16.1. The van der Waals surface area contributed by atoms with Gasteiger partial charge >= 0.3 is 0 Å². The number of hydrogen-bond acceptors (Lipinski definition) is 3. The number of halogens is 2. The molecule has 2 aromatic carbocycles. The van der Waals surface area contributed by atoms with E-state index in [0.29, 0.717) is 24.6 Å². The normalized spacial score (nSPS) is 10.5. The minimum absolute atomic E-state index is 0.186. The molecule has 0 unspecified atom stereocenters. The van der Waals surface area contributed by atoms with Gasteiger partial charge in [0.25, 0.3) is 0 Å². The molecule has 0 fully saturated rings. The molecule has 0 spiro atoms. The molecule has 0 heterocycles. The van der Waals surface area contributed by atoms with Crippen LogP contribution in [0.15, 0.2) is 36.4 Å². The lowest BCUT2D eigenvalue weighted by atomic mass is 10.1. The third-order valence-electron chi connectivity index (χ3n) is 3.26. The molecular weight excluding hydrogens is 286 g/mol. The van der Waals surface area contributed by atoms with E-state index >= 15 is 0 Å². The molecule has 2 rings (SSSR count). The van der Waals surface area contributed by atoms with Crippen molar-refractivity contribution >= 4 is 11.4 Å². The molecule has 0 saturated heterocycles. The average Bonchev–Trinajstić information content (AvgIpc) is 2.50. The molecule has 118 valence electrons. The Morgan fingerprint density at radius 2 is 1.95 bits per heavy atom. The van der Waals surface area contributed by atoms with Crippen molar-refractivity contribution in [2.45, 2.75) is 19.8 Å². The number of aryl methyl sites for hydroxylation is 1. The maximum Gasteiger partial charge on any atom is 0.146 e. The van der Waals surface area contributed by atoms with Crippen LogP contribution in [0.25, 0.3) is 0 Å². The Balaban J connectivity index is 1.84. The smallest absolute Gasteiger partial charge is 0.146 e. The number of anilines is 2. The molecule has 0 saturated carbocycles. The first-order valence-electron chi connectivity index (χ1n) is 7.30. The molecule has 0 atom stereocenters. The number of rotatable bonds is 7. The number of benzene rings is 2. The Labute approximate surface area is 129 Å². The predicted molar refractivity (Wildman–Crippen MR) is 85.2 cm³/mol. The predicted octanol–water partition coefficient (Wildman–Crippen LogP) is 3.99. The van der Waals surface area contributed by atoms with Crippen LogP contribution in [-0.2, 0) is 6.42 Å². The molecule has 0 aliphatic rings. The number of hydrogen-bond donors (Lipinski definition) is 2. The molecule has 0 radical (unpaired) electrons. The highest BCUT2D eigenvalue weighted by atomic mass is 19.1. The maximum atomic E-state index is 13.4. The molecular formula is C17H20F2N2O. The molecule has 0 bridgehead atoms. The molecule has 2 aromatic rings. The molecule has 0 aliphatic heterocycles. The van der Waals surface area contributed by atoms with Gasteiger partial charge in [0, 0.05) is 6.54 Å². The minimum Gasteiger partial charge on any atom is -0.492 e. The van der Waals surface area contributed by atoms with Gasteiger partial charge in [-0.25, -0.2) is 8.78 Å². The summed E-state index contributed by atoms with van der Waals surface area (Å²) in [6.45, 7) is 3.03. The summed E-state index contributed by atoms with van der Waals surface area (Å²) in [5, 5.41) is 2.90. The molecule has 0 aromatic heterocycles. The van der Waals surface area contributed by atoms with Crippen LogP contribution < -0.4 is 15.8 Å². The Hall–Kier alpha value is -2.30. The lowest BCUT2D eigenvalue weighted by Crippen LogP contribution is -2.05. The molecule has 5 heteroatoms. The number of ether oxygens (including phenoxy) is 1. The summed E-state index contributed by atoms with van der Waals surface area (Å²) in [5.74, 6) is -0.221. The first-order valence-corrected chi connectivity index (χ1v) is 7.30. The summed E-state index contributed by atoms with van der Waals surface area (Å²) in [4.78, 5) is 0. The van der Waals surface area contributed by atoms with Crippen molar-refractivity contribution in [1.82, 2.24) is 0 Å². The van der Waals surface area contributed by atoms with Gasteiger partial charge in [0.15, 0.2) is 0 Å². The van der Waals surface area contributed by atoms with Gasteiger partial charge in [0.2, 0.25) is 0 Å². The van der Waals surface area contributed by atoms with Gasteiger partial charge in [-0.05, 0) is 55.7 Å². The van der Waals surface area contributed by atoms with E-state index < -0.39 is 11.6 Å². The van der Waals surface area contributed by atoms with E-state index in [2.05, 4.69) is 5.32 Å². The Kier molecular flexibility index (Phi) is 5.58. The zero-order chi connectivity index (χ0) is 15.9. The highest BCUT2D eigenvalue weighted by Gasteiger charge is 2.04. The number of nitrogens with two attached hydrogens (primary N) is 1. The SMILES string of the molecule is CCOc1ccc(CCCNc2cc(F)ccc2F)cc1N. The third kappa shape index (κ3) is 4.35. The Bertz CT molecular complexity index is 632. The molecule has 3 nitrogen and oxygen atoms in total. The van der Waals surface area contributed by atoms with Crippen LogP contribution in [0.2, 0.25) is 0 Å². The van der Waals surface area contributed by atoms with Gasteiger partial charge in [0.1, 0.15) is 17.4 Å². The zero-order valence-corrected chi connectivity index (χ0v) is 12.5. The second kappa shape index (κ2) is 7.64. The molecule has 3 N–H and O–H groups in total. The molecule has 22 heavy (non-hydrogen) atoms. The van der Waals surface area contributed by atoms with Gasteiger partial charge in [-0.1, -0.05) is 6.07 Å². The largest absolute Gasteiger partial charge is 0.492 e. The van der Waals surface area contributed by atoms with Crippen LogP contribution in [0.3, 0.4) is 0 Å². The van der Waals surface area contributed by atoms with Crippen molar-refractivity contribution in [3.8, 4) is 5.75 Å². The fourth-order valence-corrected chi connectivity index (χ4v) is 2.19. The summed E-state index contributed by atoms with van der Waals surface area (Å²) < 4.78 is 31.8. The van der Waals surface area contributed by atoms with E-state index in [4.69, 9.17) is 10.5 Å². The second-order valence-corrected chi connectivity index (χ2v) is 4.96. The maximum absolute atomic E-state index is 13.4. The van der Waals surface area contributed by atoms with E-state index in [0.717, 1.165) is 36.6 Å². The van der Waals surface area contributed by atoms with Crippen molar-refractivity contribution < 1.29 is 13.5 Å². The highest BCUT2D eigenvalue weighted by molar-refractivity contribution is 5.54. The van der Waals surface area contributed by atoms with Crippen molar-refractivity contribution in [2.75, 3.05) is 24.2 Å². The van der Waals surface area contributed by atoms with E-state index in [1.165, 1.54) is 0 Å². The van der Waals surface area contributed by atoms with E-state index in [-0.39, 0.29) is 5.69 Å². The number of nitrogen functional groups attached to an aromatic ring is 1. The van der Waals surface area contributed by atoms with Gasteiger partial charge in [-0.3, -0.25) is 0 Å². The topological polar surface area (TPSA) is 47.3 Å². The quantitative estimate of drug-likeness (QED) is 0.600. The van der Waals surface area contributed by atoms with Gasteiger partial charge in [0.05, 0.1) is 18.0 Å². The van der Waals surface area contributed by atoms with Crippen molar-refractivity contribution in [2.24, 2.45) is 0 Å². The molecule has 0 amide bonds. The van der Waals surface area contributed by atoms with E-state index in [1.54, 1.807) is 0 Å². The van der Waals surface area contributed by atoms with Gasteiger partial charge in [-0.2, -0.15) is 0 Å². The van der Waals surface area contributed by atoms with E-state index in [1.807, 2.05) is 25.1 Å². The fourth-order valence-electron chi connectivity index (χ4n) is 2.19. The summed E-state index contributed by atoms with van der Waals surface area (Å²) in [6.07, 6.45) is 1.57. The average molecular weight is 306 g/mol. The highest BCUT2D eigenvalue weighted by Crippen LogP contribution is 2.23. The van der Waals surface area contributed by atoms with Crippen LogP contribution in [-0.4, -0.2) is 13.2 Å². The standard InChI is InChI=1S/C17H20F2N2O/c1-2-22-17-8-5-12(10-15(17)20)4-3-9-21-16-11-13(18)6-7-14(16)19/h5-8,10-11,21H,2-4,9,20H2,1H3. The summed E-state index contributed by atoms with van der Waals surface area (Å²) >= 11 is 0. The fraction of sp³-hybridized carbons (Fsp3) is 0.294. The number of nitrogens with one attached hydrogen (secondary N) is 1. The minimum atomic E-state index is -0.455. The molecule has 0 aliphatic carbocycles. The zero-order valence-electron chi connectivity index (χ0n) is 12.5. The lowest BCUT2D eigenvalue weighted by Gasteiger charge is -2.10. The monoisotopic (exact) mass is 306 g/mol. The third-order valence-corrected chi connectivity index (χ3v) is 3.26.